The molecule has 1 saturated heterocycles. The quantitative estimate of drug-likeness (QED) is 0.863. The zero-order valence-corrected chi connectivity index (χ0v) is 13.3. The molecule has 4 heteroatoms. The molecule has 2 aromatic carbocycles. The molecule has 1 heterocycles. The molecule has 0 aromatic heterocycles. The average Bonchev–Trinajstić information content (AvgIpc) is 2.90. The van der Waals surface area contributed by atoms with Crippen molar-refractivity contribution in [2.45, 2.75) is 24.5 Å². The van der Waals surface area contributed by atoms with Crippen LogP contribution in [0.3, 0.4) is 0 Å². The van der Waals surface area contributed by atoms with Gasteiger partial charge in [0.05, 0.1) is 6.04 Å². The minimum atomic E-state index is -0.975. The number of benzene rings is 2. The third-order valence-electron chi connectivity index (χ3n) is 4.41. The summed E-state index contributed by atoms with van der Waals surface area (Å²) in [5, 5.41) is 10.5. The Morgan fingerprint density at radius 1 is 1.17 bits per heavy atom. The molecular weight excluding hydrogens is 305 g/mol. The van der Waals surface area contributed by atoms with E-state index in [-0.39, 0.29) is 17.6 Å². The van der Waals surface area contributed by atoms with Crippen LogP contribution in [0, 0.1) is 17.7 Å². The number of carbonyl (C=O) groups excluding carboxylic acids is 1. The van der Waals surface area contributed by atoms with E-state index in [0.717, 1.165) is 5.56 Å². The van der Waals surface area contributed by atoms with Crippen molar-refractivity contribution in [2.75, 3.05) is 7.05 Å². The van der Waals surface area contributed by atoms with Crippen molar-refractivity contribution >= 4 is 5.91 Å². The van der Waals surface area contributed by atoms with Crippen molar-refractivity contribution in [3.8, 4) is 11.8 Å². The van der Waals surface area contributed by atoms with E-state index in [1.54, 1.807) is 24.1 Å². The van der Waals surface area contributed by atoms with Gasteiger partial charge in [0, 0.05) is 24.9 Å². The molecule has 0 aliphatic carbocycles. The highest BCUT2D eigenvalue weighted by molar-refractivity contribution is 5.80. The first-order chi connectivity index (χ1) is 11.6. The molecule has 0 saturated carbocycles. The normalized spacial score (nSPS) is 21.3. The zero-order chi connectivity index (χ0) is 17.1. The Morgan fingerprint density at radius 3 is 2.50 bits per heavy atom. The number of amides is 1. The van der Waals surface area contributed by atoms with Gasteiger partial charge in [-0.1, -0.05) is 42.2 Å². The van der Waals surface area contributed by atoms with E-state index in [1.165, 1.54) is 12.1 Å². The Balaban J connectivity index is 1.85. The van der Waals surface area contributed by atoms with E-state index in [2.05, 4.69) is 11.8 Å². The summed E-state index contributed by atoms with van der Waals surface area (Å²) in [4.78, 5) is 13.7. The number of likely N-dealkylation sites (N-methyl/N-ethyl adjacent to an activating group) is 1. The molecule has 1 fully saturated rings. The highest BCUT2D eigenvalue weighted by Crippen LogP contribution is 2.35. The Labute approximate surface area is 140 Å². The summed E-state index contributed by atoms with van der Waals surface area (Å²) < 4.78 is 12.9. The third kappa shape index (κ3) is 3.32. The minimum Gasteiger partial charge on any atom is -0.378 e. The van der Waals surface area contributed by atoms with E-state index >= 15 is 0 Å². The van der Waals surface area contributed by atoms with Gasteiger partial charge in [-0.15, -0.1) is 0 Å². The summed E-state index contributed by atoms with van der Waals surface area (Å²) in [5.74, 6) is 5.22. The van der Waals surface area contributed by atoms with E-state index in [9.17, 15) is 14.3 Å². The van der Waals surface area contributed by atoms with Gasteiger partial charge >= 0.3 is 0 Å². The van der Waals surface area contributed by atoms with Crippen molar-refractivity contribution in [3.63, 3.8) is 0 Å². The predicted octanol–water partition coefficient (Wildman–Crippen LogP) is 2.55. The molecule has 1 aliphatic heterocycles. The third-order valence-corrected chi connectivity index (χ3v) is 4.41. The molecule has 1 N–H and O–H groups in total. The summed E-state index contributed by atoms with van der Waals surface area (Å²) in [6.45, 7) is 0. The smallest absolute Gasteiger partial charge is 0.223 e. The van der Waals surface area contributed by atoms with Crippen LogP contribution in [0.2, 0.25) is 0 Å². The van der Waals surface area contributed by atoms with Gasteiger partial charge in [0.2, 0.25) is 5.91 Å². The SMILES string of the molecule is CN1C(=O)C[C@H](c2ccccc2)[C@@H]1C(O)C#Cc1ccc(F)cc1. The van der Waals surface area contributed by atoms with Crippen molar-refractivity contribution in [3.05, 3.63) is 71.5 Å². The number of hydrogen-bond acceptors (Lipinski definition) is 2. The number of aliphatic hydroxyl groups excluding tert-OH is 1. The van der Waals surface area contributed by atoms with Gasteiger partial charge in [-0.2, -0.15) is 0 Å². The van der Waals surface area contributed by atoms with Crippen molar-refractivity contribution < 1.29 is 14.3 Å². The fourth-order valence-electron chi connectivity index (χ4n) is 3.11. The fraction of sp³-hybridized carbons (Fsp3) is 0.250. The molecule has 2 aromatic rings. The van der Waals surface area contributed by atoms with Gasteiger partial charge in [0.1, 0.15) is 11.9 Å². The number of hydrogen-bond donors (Lipinski definition) is 1. The van der Waals surface area contributed by atoms with Crippen LogP contribution in [0.5, 0.6) is 0 Å². The van der Waals surface area contributed by atoms with Crippen LogP contribution in [0.4, 0.5) is 4.39 Å². The molecule has 0 radical (unpaired) electrons. The van der Waals surface area contributed by atoms with Gasteiger partial charge in [-0.05, 0) is 29.8 Å². The molecule has 0 bridgehead atoms. The molecule has 1 unspecified atom stereocenters. The van der Waals surface area contributed by atoms with Crippen LogP contribution in [0.25, 0.3) is 0 Å². The van der Waals surface area contributed by atoms with Gasteiger partial charge in [-0.3, -0.25) is 4.79 Å². The number of halogens is 1. The lowest BCUT2D eigenvalue weighted by Gasteiger charge is -2.27. The Morgan fingerprint density at radius 2 is 1.83 bits per heavy atom. The first-order valence-electron chi connectivity index (χ1n) is 7.82. The highest BCUT2D eigenvalue weighted by Gasteiger charge is 2.41. The van der Waals surface area contributed by atoms with Crippen LogP contribution in [-0.2, 0) is 4.79 Å². The monoisotopic (exact) mass is 323 g/mol. The maximum absolute atomic E-state index is 12.9. The summed E-state index contributed by atoms with van der Waals surface area (Å²) in [6.07, 6.45) is -0.614. The van der Waals surface area contributed by atoms with E-state index in [4.69, 9.17) is 0 Å². The number of aliphatic hydroxyl groups is 1. The number of rotatable bonds is 2. The second-order valence-electron chi connectivity index (χ2n) is 5.94. The maximum atomic E-state index is 12.9. The van der Waals surface area contributed by atoms with Crippen LogP contribution < -0.4 is 0 Å². The summed E-state index contributed by atoms with van der Waals surface area (Å²) in [7, 11) is 1.69. The van der Waals surface area contributed by atoms with Gasteiger partial charge in [0.15, 0.2) is 0 Å². The van der Waals surface area contributed by atoms with E-state index in [0.29, 0.717) is 12.0 Å². The summed E-state index contributed by atoms with van der Waals surface area (Å²) >= 11 is 0. The molecule has 0 spiro atoms. The second kappa shape index (κ2) is 6.86. The van der Waals surface area contributed by atoms with Gasteiger partial charge < -0.3 is 10.0 Å². The first-order valence-corrected chi connectivity index (χ1v) is 7.82. The van der Waals surface area contributed by atoms with Crippen molar-refractivity contribution in [1.82, 2.24) is 4.90 Å². The lowest BCUT2D eigenvalue weighted by molar-refractivity contribution is -0.128. The van der Waals surface area contributed by atoms with Gasteiger partial charge in [0.25, 0.3) is 0 Å². The summed E-state index contributed by atoms with van der Waals surface area (Å²) in [6, 6.07) is 15.1. The Kier molecular flexibility index (Phi) is 4.64. The van der Waals surface area contributed by atoms with Crippen LogP contribution in [-0.4, -0.2) is 35.1 Å². The fourth-order valence-corrected chi connectivity index (χ4v) is 3.11. The predicted molar refractivity (Wildman–Crippen MR) is 89.6 cm³/mol. The zero-order valence-electron chi connectivity index (χ0n) is 13.3. The Hall–Kier alpha value is -2.64. The molecule has 122 valence electrons. The molecular formula is C20H18FNO2. The topological polar surface area (TPSA) is 40.5 Å². The highest BCUT2D eigenvalue weighted by atomic mass is 19.1. The molecule has 3 nitrogen and oxygen atoms in total. The lowest BCUT2D eigenvalue weighted by atomic mass is 9.88. The lowest BCUT2D eigenvalue weighted by Crippen LogP contribution is -2.40. The molecule has 3 rings (SSSR count). The van der Waals surface area contributed by atoms with E-state index in [1.807, 2.05) is 30.3 Å². The number of nitrogens with zero attached hydrogens (tertiary/aromatic N) is 1. The molecule has 24 heavy (non-hydrogen) atoms. The first kappa shape index (κ1) is 16.2. The van der Waals surface area contributed by atoms with Crippen LogP contribution in [0.15, 0.2) is 54.6 Å². The molecule has 1 amide bonds. The Bertz CT molecular complexity index is 777. The molecule has 3 atom stereocenters. The van der Waals surface area contributed by atoms with Crippen LogP contribution in [0.1, 0.15) is 23.5 Å². The minimum absolute atomic E-state index is 0.00325. The second-order valence-corrected chi connectivity index (χ2v) is 5.94. The molecule has 1 aliphatic rings. The number of carbonyl (C=O) groups is 1. The maximum Gasteiger partial charge on any atom is 0.223 e. The van der Waals surface area contributed by atoms with Gasteiger partial charge in [-0.25, -0.2) is 4.39 Å². The largest absolute Gasteiger partial charge is 0.378 e. The standard InChI is InChI=1S/C20H18FNO2/c1-22-19(24)13-17(15-5-3-2-4-6-15)20(22)18(23)12-9-14-7-10-16(21)11-8-14/h2-8,10-11,17-18,20,23H,13H2,1H3/t17-,18?,20-/m1/s1. The van der Waals surface area contributed by atoms with Crippen molar-refractivity contribution in [1.29, 1.82) is 0 Å². The summed E-state index contributed by atoms with van der Waals surface area (Å²) in [5.41, 5.74) is 1.64. The van der Waals surface area contributed by atoms with Crippen LogP contribution >= 0.6 is 0 Å². The average molecular weight is 323 g/mol. The van der Waals surface area contributed by atoms with E-state index < -0.39 is 12.1 Å². The number of likely N-dealkylation sites (tertiary alicyclic amines) is 1. The van der Waals surface area contributed by atoms with Crippen molar-refractivity contribution in [2.24, 2.45) is 0 Å².